The van der Waals surface area contributed by atoms with Gasteiger partial charge < -0.3 is 4.98 Å². The van der Waals surface area contributed by atoms with E-state index < -0.39 is 5.92 Å². The highest BCUT2D eigenvalue weighted by Crippen LogP contribution is 2.41. The van der Waals surface area contributed by atoms with E-state index in [0.717, 1.165) is 17.3 Å². The maximum atomic E-state index is 13.7. The smallest absolute Gasteiger partial charge is 0.248 e. The van der Waals surface area contributed by atoms with Crippen LogP contribution in [0.1, 0.15) is 49.4 Å². The van der Waals surface area contributed by atoms with Gasteiger partial charge in [-0.25, -0.2) is 8.78 Å². The monoisotopic (exact) mass is 339 g/mol. The molecule has 0 spiro atoms. The van der Waals surface area contributed by atoms with Gasteiger partial charge in [0.05, 0.1) is 5.02 Å². The van der Waals surface area contributed by atoms with Gasteiger partial charge in [-0.05, 0) is 36.8 Å². The third-order valence-electron chi connectivity index (χ3n) is 4.71. The van der Waals surface area contributed by atoms with Crippen LogP contribution in [0.4, 0.5) is 8.78 Å². The fourth-order valence-electron chi connectivity index (χ4n) is 3.80. The summed E-state index contributed by atoms with van der Waals surface area (Å²) >= 11 is 6.18. The second-order valence-electron chi connectivity index (χ2n) is 6.80. The molecule has 2 nitrogen and oxygen atoms in total. The largest absolute Gasteiger partial charge is 0.360 e. The van der Waals surface area contributed by atoms with Crippen molar-refractivity contribution in [3.05, 3.63) is 35.0 Å². The Morgan fingerprint density at radius 2 is 2.17 bits per heavy atom. The molecular weight excluding hydrogens is 320 g/mol. The second-order valence-corrected chi connectivity index (χ2v) is 7.20. The summed E-state index contributed by atoms with van der Waals surface area (Å²) < 4.78 is 27.3. The number of Topliss-reactive ketones (excluding diaryl/α,β-unsaturated/α-hetero) is 1. The van der Waals surface area contributed by atoms with Gasteiger partial charge in [-0.2, -0.15) is 0 Å². The molecule has 2 unspecified atom stereocenters. The van der Waals surface area contributed by atoms with Crippen molar-refractivity contribution in [1.82, 2.24) is 4.98 Å². The first-order chi connectivity index (χ1) is 10.9. The van der Waals surface area contributed by atoms with E-state index in [4.69, 9.17) is 11.6 Å². The Kier molecular flexibility index (Phi) is 4.45. The van der Waals surface area contributed by atoms with Crippen molar-refractivity contribution in [3.63, 3.8) is 0 Å². The molecule has 0 radical (unpaired) electrons. The number of carbonyl (C=O) groups excluding carboxylic acids is 1. The van der Waals surface area contributed by atoms with Gasteiger partial charge in [-0.1, -0.05) is 24.6 Å². The van der Waals surface area contributed by atoms with Crippen LogP contribution < -0.4 is 0 Å². The normalized spacial score (nSPS) is 24.0. The van der Waals surface area contributed by atoms with E-state index in [0.29, 0.717) is 17.0 Å². The highest BCUT2D eigenvalue weighted by Gasteiger charge is 2.39. The van der Waals surface area contributed by atoms with E-state index in [1.165, 1.54) is 0 Å². The number of benzene rings is 1. The molecule has 1 aliphatic carbocycles. The average molecular weight is 340 g/mol. The summed E-state index contributed by atoms with van der Waals surface area (Å²) in [6.07, 6.45) is 3.10. The van der Waals surface area contributed by atoms with Gasteiger partial charge in [0.2, 0.25) is 5.92 Å². The first-order valence-electron chi connectivity index (χ1n) is 8.02. The molecule has 2 atom stereocenters. The quantitative estimate of drug-likeness (QED) is 0.696. The van der Waals surface area contributed by atoms with Crippen LogP contribution in [-0.4, -0.2) is 16.7 Å². The standard InChI is InChI=1S/C18H20ClF2NO/c1-11-7-12(9-18(20,21)8-11)5-6-16(23)13-10-22-15-4-2-3-14(19)17(13)15/h2-4,10-12,22H,5-9H2,1H3. The molecule has 2 aromatic rings. The Hall–Kier alpha value is -1.42. The SMILES string of the molecule is CC1CC(CCC(=O)c2c[nH]c3cccc(Cl)c23)CC(F)(F)C1. The van der Waals surface area contributed by atoms with Gasteiger partial charge in [0.15, 0.2) is 5.78 Å². The number of aromatic amines is 1. The first-order valence-corrected chi connectivity index (χ1v) is 8.40. The molecule has 0 aliphatic heterocycles. The third-order valence-corrected chi connectivity index (χ3v) is 5.02. The third kappa shape index (κ3) is 3.57. The summed E-state index contributed by atoms with van der Waals surface area (Å²) in [6.45, 7) is 1.86. The molecule has 0 saturated heterocycles. The highest BCUT2D eigenvalue weighted by molar-refractivity contribution is 6.36. The van der Waals surface area contributed by atoms with E-state index in [1.807, 2.05) is 19.1 Å². The molecule has 1 saturated carbocycles. The van der Waals surface area contributed by atoms with Gasteiger partial charge in [0.25, 0.3) is 0 Å². The summed E-state index contributed by atoms with van der Waals surface area (Å²) in [6, 6.07) is 5.43. The van der Waals surface area contributed by atoms with E-state index in [-0.39, 0.29) is 36.9 Å². The molecule has 1 heterocycles. The number of aromatic nitrogens is 1. The molecule has 1 aliphatic rings. The summed E-state index contributed by atoms with van der Waals surface area (Å²) in [5.74, 6) is -2.69. The first kappa shape index (κ1) is 16.4. The summed E-state index contributed by atoms with van der Waals surface area (Å²) in [4.78, 5) is 15.5. The number of H-pyrrole nitrogens is 1. The fourth-order valence-corrected chi connectivity index (χ4v) is 4.08. The molecule has 124 valence electrons. The Morgan fingerprint density at radius 3 is 2.91 bits per heavy atom. The van der Waals surface area contributed by atoms with Crippen molar-refractivity contribution in [3.8, 4) is 0 Å². The number of alkyl halides is 2. The van der Waals surface area contributed by atoms with Crippen LogP contribution in [0.15, 0.2) is 24.4 Å². The number of hydrogen-bond acceptors (Lipinski definition) is 1. The Bertz CT molecular complexity index is 725. The maximum absolute atomic E-state index is 13.7. The Labute approximate surface area is 139 Å². The zero-order chi connectivity index (χ0) is 16.6. The lowest BCUT2D eigenvalue weighted by Crippen LogP contribution is -2.30. The minimum absolute atomic E-state index is 0.0152. The van der Waals surface area contributed by atoms with Gasteiger partial charge in [0, 0.05) is 41.9 Å². The van der Waals surface area contributed by atoms with Gasteiger partial charge >= 0.3 is 0 Å². The van der Waals surface area contributed by atoms with Crippen molar-refractivity contribution in [2.24, 2.45) is 11.8 Å². The van der Waals surface area contributed by atoms with Gasteiger partial charge in [0.1, 0.15) is 0 Å². The number of nitrogens with one attached hydrogen (secondary N) is 1. The average Bonchev–Trinajstić information content (AvgIpc) is 2.88. The van der Waals surface area contributed by atoms with Crippen molar-refractivity contribution < 1.29 is 13.6 Å². The zero-order valence-electron chi connectivity index (χ0n) is 13.0. The van der Waals surface area contributed by atoms with Crippen molar-refractivity contribution >= 4 is 28.3 Å². The van der Waals surface area contributed by atoms with Crippen molar-refractivity contribution in [2.45, 2.75) is 45.0 Å². The molecule has 0 bridgehead atoms. The molecule has 1 aromatic carbocycles. The highest BCUT2D eigenvalue weighted by atomic mass is 35.5. The lowest BCUT2D eigenvalue weighted by Gasteiger charge is -2.33. The van der Waals surface area contributed by atoms with Crippen molar-refractivity contribution in [2.75, 3.05) is 0 Å². The minimum Gasteiger partial charge on any atom is -0.360 e. The summed E-state index contributed by atoms with van der Waals surface area (Å²) in [5.41, 5.74) is 1.37. The number of fused-ring (bicyclic) bond motifs is 1. The van der Waals surface area contributed by atoms with Crippen LogP contribution in [0, 0.1) is 11.8 Å². The van der Waals surface area contributed by atoms with E-state index in [1.54, 1.807) is 12.3 Å². The van der Waals surface area contributed by atoms with Crippen LogP contribution in [0.3, 0.4) is 0 Å². The van der Waals surface area contributed by atoms with Crippen LogP contribution in [0.5, 0.6) is 0 Å². The Morgan fingerprint density at radius 1 is 1.39 bits per heavy atom. The molecule has 1 N–H and O–H groups in total. The van der Waals surface area contributed by atoms with Crippen molar-refractivity contribution in [1.29, 1.82) is 0 Å². The van der Waals surface area contributed by atoms with Crippen LogP contribution in [0.25, 0.3) is 10.9 Å². The number of rotatable bonds is 4. The van der Waals surface area contributed by atoms with Crippen LogP contribution in [0.2, 0.25) is 5.02 Å². The summed E-state index contributed by atoms with van der Waals surface area (Å²) in [5, 5.41) is 1.26. The lowest BCUT2D eigenvalue weighted by atomic mass is 9.77. The second kappa shape index (κ2) is 6.23. The van der Waals surface area contributed by atoms with E-state index in [2.05, 4.69) is 4.98 Å². The Balaban J connectivity index is 1.70. The number of hydrogen-bond donors (Lipinski definition) is 1. The van der Waals surface area contributed by atoms with Crippen LogP contribution in [-0.2, 0) is 0 Å². The fraction of sp³-hybridized carbons (Fsp3) is 0.500. The van der Waals surface area contributed by atoms with E-state index >= 15 is 0 Å². The molecule has 1 aromatic heterocycles. The zero-order valence-corrected chi connectivity index (χ0v) is 13.8. The molecule has 5 heteroatoms. The maximum Gasteiger partial charge on any atom is 0.248 e. The molecule has 0 amide bonds. The van der Waals surface area contributed by atoms with Gasteiger partial charge in [-0.15, -0.1) is 0 Å². The lowest BCUT2D eigenvalue weighted by molar-refractivity contribution is -0.0703. The van der Waals surface area contributed by atoms with Crippen LogP contribution >= 0.6 is 11.6 Å². The van der Waals surface area contributed by atoms with E-state index in [9.17, 15) is 13.6 Å². The minimum atomic E-state index is -2.59. The summed E-state index contributed by atoms with van der Waals surface area (Å²) in [7, 11) is 0. The number of carbonyl (C=O) groups is 1. The predicted molar refractivity (Wildman–Crippen MR) is 88.3 cm³/mol. The molecule has 23 heavy (non-hydrogen) atoms. The predicted octanol–water partition coefficient (Wildman–Crippen LogP) is 5.86. The molecular formula is C18H20ClF2NO. The topological polar surface area (TPSA) is 32.9 Å². The van der Waals surface area contributed by atoms with Gasteiger partial charge in [-0.3, -0.25) is 4.79 Å². The molecule has 3 rings (SSSR count). The molecule has 1 fully saturated rings. The number of halogens is 3. The number of ketones is 1.